The van der Waals surface area contributed by atoms with Crippen molar-refractivity contribution in [2.45, 2.75) is 37.8 Å². The summed E-state index contributed by atoms with van der Waals surface area (Å²) in [7, 11) is 3.23. The molecule has 0 spiro atoms. The predicted molar refractivity (Wildman–Crippen MR) is 121 cm³/mol. The number of carbonyl (C=O) groups is 1. The second-order valence-electron chi connectivity index (χ2n) is 7.94. The molecule has 0 saturated heterocycles. The number of H-pyrrole nitrogens is 1. The first-order chi connectivity index (χ1) is 15.6. The van der Waals surface area contributed by atoms with Crippen LogP contribution in [0.4, 0.5) is 0 Å². The minimum Gasteiger partial charge on any atom is -0.497 e. The van der Waals surface area contributed by atoms with Gasteiger partial charge in [-0.05, 0) is 37.8 Å². The number of aromatic nitrogens is 3. The van der Waals surface area contributed by atoms with Crippen LogP contribution in [0.5, 0.6) is 11.5 Å². The van der Waals surface area contributed by atoms with E-state index in [1.807, 2.05) is 18.2 Å². The Bertz CT molecular complexity index is 1080. The summed E-state index contributed by atoms with van der Waals surface area (Å²) >= 11 is 0. The molecule has 1 aromatic carbocycles. The second kappa shape index (κ2) is 9.97. The zero-order valence-electron chi connectivity index (χ0n) is 18.4. The Morgan fingerprint density at radius 1 is 1.19 bits per heavy atom. The Morgan fingerprint density at radius 3 is 2.75 bits per heavy atom. The van der Waals surface area contributed by atoms with E-state index in [0.29, 0.717) is 47.0 Å². The van der Waals surface area contributed by atoms with Crippen LogP contribution in [-0.4, -0.2) is 60.4 Å². The topological polar surface area (TPSA) is 124 Å². The smallest absolute Gasteiger partial charge is 0.255 e. The lowest BCUT2D eigenvalue weighted by molar-refractivity contribution is 0.0927. The van der Waals surface area contributed by atoms with Gasteiger partial charge in [0.2, 0.25) is 0 Å². The summed E-state index contributed by atoms with van der Waals surface area (Å²) in [6, 6.07) is 5.90. The molecule has 3 aromatic rings. The van der Waals surface area contributed by atoms with E-state index < -0.39 is 0 Å². The molecule has 0 aliphatic heterocycles. The summed E-state index contributed by atoms with van der Waals surface area (Å²) in [4.78, 5) is 25.0. The van der Waals surface area contributed by atoms with Gasteiger partial charge in [0.15, 0.2) is 0 Å². The van der Waals surface area contributed by atoms with E-state index in [-0.39, 0.29) is 18.0 Å². The Balaban J connectivity index is 1.64. The number of ether oxygens (including phenoxy) is 3. The monoisotopic (exact) mass is 439 g/mol. The van der Waals surface area contributed by atoms with Crippen molar-refractivity contribution in [3.8, 4) is 22.8 Å². The Morgan fingerprint density at radius 2 is 2.00 bits per heavy atom. The lowest BCUT2D eigenvalue weighted by atomic mass is 9.91. The van der Waals surface area contributed by atoms with E-state index in [9.17, 15) is 4.79 Å². The molecule has 1 fully saturated rings. The number of methoxy groups -OCH3 is 2. The van der Waals surface area contributed by atoms with Crippen LogP contribution >= 0.6 is 0 Å². The number of nitrogens with one attached hydrogen (secondary N) is 2. The Kier molecular flexibility index (Phi) is 6.87. The van der Waals surface area contributed by atoms with Gasteiger partial charge in [-0.15, -0.1) is 0 Å². The van der Waals surface area contributed by atoms with Gasteiger partial charge in [-0.2, -0.15) is 0 Å². The first kappa shape index (κ1) is 22.0. The fourth-order valence-corrected chi connectivity index (χ4v) is 4.02. The van der Waals surface area contributed by atoms with Crippen molar-refractivity contribution in [1.29, 1.82) is 0 Å². The van der Waals surface area contributed by atoms with Crippen molar-refractivity contribution in [1.82, 2.24) is 20.3 Å². The first-order valence-electron chi connectivity index (χ1n) is 10.8. The number of nitrogens with zero attached hydrogens (tertiary/aromatic N) is 2. The maximum atomic E-state index is 13.0. The minimum atomic E-state index is -0.146. The number of hydrogen-bond donors (Lipinski definition) is 3. The molecule has 0 atom stereocenters. The van der Waals surface area contributed by atoms with Crippen molar-refractivity contribution in [2.75, 3.05) is 27.4 Å². The van der Waals surface area contributed by atoms with Crippen molar-refractivity contribution in [3.05, 3.63) is 36.3 Å². The highest BCUT2D eigenvalue weighted by molar-refractivity contribution is 6.07. The number of aromatic amines is 1. The van der Waals surface area contributed by atoms with Gasteiger partial charge >= 0.3 is 0 Å². The molecule has 1 aliphatic carbocycles. The maximum Gasteiger partial charge on any atom is 0.255 e. The summed E-state index contributed by atoms with van der Waals surface area (Å²) < 4.78 is 16.4. The molecule has 0 bridgehead atoms. The molecule has 2 aromatic heterocycles. The molecule has 1 saturated carbocycles. The predicted octanol–water partition coefficient (Wildman–Crippen LogP) is 2.66. The van der Waals surface area contributed by atoms with E-state index in [0.717, 1.165) is 31.2 Å². The van der Waals surface area contributed by atoms with Gasteiger partial charge in [0.05, 0.1) is 24.8 Å². The highest BCUT2D eigenvalue weighted by Crippen LogP contribution is 2.36. The molecular formula is C23H29N5O4. The highest BCUT2D eigenvalue weighted by Gasteiger charge is 2.23. The number of rotatable bonds is 8. The molecular weight excluding hydrogens is 410 g/mol. The van der Waals surface area contributed by atoms with E-state index in [1.165, 1.54) is 6.33 Å². The van der Waals surface area contributed by atoms with Crippen LogP contribution in [0.1, 0.15) is 36.0 Å². The average Bonchev–Trinajstić information content (AvgIpc) is 3.25. The molecule has 0 unspecified atom stereocenters. The van der Waals surface area contributed by atoms with Gasteiger partial charge in [0.1, 0.15) is 35.6 Å². The lowest BCUT2D eigenvalue weighted by Gasteiger charge is -2.26. The van der Waals surface area contributed by atoms with Crippen LogP contribution in [0, 0.1) is 0 Å². The minimum absolute atomic E-state index is 0.135. The number of nitrogens with two attached hydrogens (primary N) is 1. The summed E-state index contributed by atoms with van der Waals surface area (Å²) in [5, 5.41) is 3.12. The third-order valence-corrected chi connectivity index (χ3v) is 5.80. The number of hydrogen-bond acceptors (Lipinski definition) is 7. The van der Waals surface area contributed by atoms with Gasteiger partial charge in [-0.3, -0.25) is 4.79 Å². The molecule has 170 valence electrons. The number of benzene rings is 1. The fourth-order valence-electron chi connectivity index (χ4n) is 4.02. The number of carbonyl (C=O) groups excluding carboxylic acids is 1. The van der Waals surface area contributed by atoms with Crippen LogP contribution in [0.25, 0.3) is 22.3 Å². The van der Waals surface area contributed by atoms with E-state index in [1.54, 1.807) is 20.4 Å². The van der Waals surface area contributed by atoms with Crippen LogP contribution in [0.15, 0.2) is 30.7 Å². The summed E-state index contributed by atoms with van der Waals surface area (Å²) in [6.07, 6.45) is 6.78. The molecule has 9 nitrogen and oxygen atoms in total. The Labute approximate surface area is 186 Å². The van der Waals surface area contributed by atoms with Gasteiger partial charge in [-0.25, -0.2) is 9.97 Å². The first-order valence-corrected chi connectivity index (χ1v) is 10.8. The molecule has 9 heteroatoms. The summed E-state index contributed by atoms with van der Waals surface area (Å²) in [5.41, 5.74) is 9.13. The van der Waals surface area contributed by atoms with Gasteiger partial charge in [0, 0.05) is 37.0 Å². The molecule has 32 heavy (non-hydrogen) atoms. The van der Waals surface area contributed by atoms with Gasteiger partial charge in [-0.1, -0.05) is 0 Å². The largest absolute Gasteiger partial charge is 0.497 e. The third-order valence-electron chi connectivity index (χ3n) is 5.80. The van der Waals surface area contributed by atoms with Crippen LogP contribution in [0.3, 0.4) is 0 Å². The quantitative estimate of drug-likeness (QED) is 0.461. The van der Waals surface area contributed by atoms with E-state index in [4.69, 9.17) is 19.9 Å². The van der Waals surface area contributed by atoms with Crippen LogP contribution < -0.4 is 20.5 Å². The number of fused-ring (bicyclic) bond motifs is 1. The SMILES string of the molecule is COCCOc1cc(OC)ccc1-c1ncnc2c(C(=O)N[C@H]3CC[C@@H](N)CC3)c[nH]c12. The number of amides is 1. The normalized spacial score (nSPS) is 18.5. The van der Waals surface area contributed by atoms with Crippen molar-refractivity contribution in [3.63, 3.8) is 0 Å². The highest BCUT2D eigenvalue weighted by atomic mass is 16.5. The molecule has 0 radical (unpaired) electrons. The molecule has 4 rings (SSSR count). The molecule has 4 N–H and O–H groups in total. The average molecular weight is 440 g/mol. The molecule has 1 aliphatic rings. The molecule has 1 amide bonds. The zero-order valence-corrected chi connectivity index (χ0v) is 18.4. The second-order valence-corrected chi connectivity index (χ2v) is 7.94. The fraction of sp³-hybridized carbons (Fsp3) is 0.435. The van der Waals surface area contributed by atoms with Gasteiger partial charge in [0.25, 0.3) is 5.91 Å². The summed E-state index contributed by atoms with van der Waals surface area (Å²) in [5.74, 6) is 1.14. The van der Waals surface area contributed by atoms with Crippen molar-refractivity contribution >= 4 is 16.9 Å². The standard InChI is InChI=1S/C23H29N5O4/c1-30-9-10-32-19-11-16(31-2)7-8-17(19)20-22-21(27-13-26-20)18(12-25-22)23(29)28-15-5-3-14(24)4-6-15/h7-8,11-15,25H,3-6,9-10,24H2,1-2H3,(H,28,29)/t14-,15+. The Hall–Kier alpha value is -3.17. The zero-order chi connectivity index (χ0) is 22.5. The van der Waals surface area contributed by atoms with E-state index in [2.05, 4.69) is 20.3 Å². The van der Waals surface area contributed by atoms with Crippen molar-refractivity contribution < 1.29 is 19.0 Å². The van der Waals surface area contributed by atoms with Crippen LogP contribution in [-0.2, 0) is 4.74 Å². The van der Waals surface area contributed by atoms with Crippen molar-refractivity contribution in [2.24, 2.45) is 5.73 Å². The maximum absolute atomic E-state index is 13.0. The van der Waals surface area contributed by atoms with E-state index >= 15 is 0 Å². The summed E-state index contributed by atoms with van der Waals surface area (Å²) in [6.45, 7) is 0.836. The molecule has 2 heterocycles. The third kappa shape index (κ3) is 4.68. The lowest BCUT2D eigenvalue weighted by Crippen LogP contribution is -2.40. The van der Waals surface area contributed by atoms with Crippen LogP contribution in [0.2, 0.25) is 0 Å². The van der Waals surface area contributed by atoms with Gasteiger partial charge < -0.3 is 30.2 Å².